The van der Waals surface area contributed by atoms with Crippen molar-refractivity contribution in [2.75, 3.05) is 33.8 Å². The van der Waals surface area contributed by atoms with E-state index in [1.807, 2.05) is 7.05 Å². The normalized spacial score (nSPS) is 19.1. The highest BCUT2D eigenvalue weighted by Crippen LogP contribution is 2.32. The average Bonchev–Trinajstić information content (AvgIpc) is 2.71. The van der Waals surface area contributed by atoms with Gasteiger partial charge in [0.05, 0.1) is 0 Å². The summed E-state index contributed by atoms with van der Waals surface area (Å²) in [5, 5.41) is 9.50. The molecule has 1 aliphatic rings. The molecule has 1 aliphatic carbocycles. The molecule has 7 heteroatoms. The van der Waals surface area contributed by atoms with Crippen LogP contribution in [0.1, 0.15) is 38.5 Å². The molecule has 0 saturated heterocycles. The number of ether oxygens (including phenoxy) is 1. The summed E-state index contributed by atoms with van der Waals surface area (Å²) in [4.78, 5) is 27.9. The van der Waals surface area contributed by atoms with Crippen LogP contribution in [0.4, 0.5) is 4.79 Å². The number of nitrogens with zero attached hydrogens (tertiary/aromatic N) is 2. The predicted octanol–water partition coefficient (Wildman–Crippen LogP) is 3.81. The number of aliphatic hydroxyl groups is 1. The Kier molecular flexibility index (Phi) is 9.06. The Morgan fingerprint density at radius 2 is 1.71 bits per heavy atom. The van der Waals surface area contributed by atoms with Gasteiger partial charge in [-0.05, 0) is 68.7 Å². The lowest BCUT2D eigenvalue weighted by molar-refractivity contribution is -0.135. The van der Waals surface area contributed by atoms with Gasteiger partial charge in [-0.15, -0.1) is 0 Å². The quantitative estimate of drug-likeness (QED) is 0.707. The first-order valence-corrected chi connectivity index (χ1v) is 10.3. The maximum Gasteiger partial charge on any atom is 0.414 e. The largest absolute Gasteiger partial charge is 0.414 e. The van der Waals surface area contributed by atoms with Crippen LogP contribution in [-0.2, 0) is 4.79 Å². The third kappa shape index (κ3) is 6.99. The zero-order valence-electron chi connectivity index (χ0n) is 16.8. The van der Waals surface area contributed by atoms with Gasteiger partial charge in [-0.25, -0.2) is 4.79 Å². The van der Waals surface area contributed by atoms with Crippen LogP contribution in [0.3, 0.4) is 0 Å². The lowest BCUT2D eigenvalue weighted by Gasteiger charge is -2.31. The minimum absolute atomic E-state index is 0.0903. The number of carbonyl (C=O) groups excluding carboxylic acids is 2. The SMILES string of the molecule is CN(CC[C@H]1CC[C@H](C(=O)N(C)CCCO)CC1)C(=O)Oc1ccc(Cl)cc1. The smallest absolute Gasteiger partial charge is 0.410 e. The summed E-state index contributed by atoms with van der Waals surface area (Å²) in [5.74, 6) is 1.28. The second kappa shape index (κ2) is 11.3. The zero-order chi connectivity index (χ0) is 20.5. The van der Waals surface area contributed by atoms with Crippen molar-refractivity contribution < 1.29 is 19.4 Å². The van der Waals surface area contributed by atoms with Gasteiger partial charge in [0.25, 0.3) is 0 Å². The highest BCUT2D eigenvalue weighted by molar-refractivity contribution is 6.30. The lowest BCUT2D eigenvalue weighted by atomic mass is 9.80. The molecule has 2 amide bonds. The van der Waals surface area contributed by atoms with Crippen LogP contribution in [-0.4, -0.2) is 60.7 Å². The van der Waals surface area contributed by atoms with Crippen molar-refractivity contribution in [3.8, 4) is 5.75 Å². The van der Waals surface area contributed by atoms with Gasteiger partial charge >= 0.3 is 6.09 Å². The van der Waals surface area contributed by atoms with Crippen molar-refractivity contribution in [2.24, 2.45) is 11.8 Å². The first-order chi connectivity index (χ1) is 13.4. The molecule has 0 heterocycles. The fourth-order valence-electron chi connectivity index (χ4n) is 3.58. The van der Waals surface area contributed by atoms with E-state index in [0.29, 0.717) is 36.2 Å². The molecule has 0 atom stereocenters. The van der Waals surface area contributed by atoms with Crippen LogP contribution in [0.15, 0.2) is 24.3 Å². The summed E-state index contributed by atoms with van der Waals surface area (Å²) >= 11 is 5.83. The fourth-order valence-corrected chi connectivity index (χ4v) is 3.70. The number of hydrogen-bond acceptors (Lipinski definition) is 4. The zero-order valence-corrected chi connectivity index (χ0v) is 17.5. The Morgan fingerprint density at radius 1 is 1.07 bits per heavy atom. The molecule has 1 aromatic carbocycles. The van der Waals surface area contributed by atoms with Gasteiger partial charge < -0.3 is 19.6 Å². The summed E-state index contributed by atoms with van der Waals surface area (Å²) in [5.41, 5.74) is 0. The molecule has 2 rings (SSSR count). The molecule has 0 aromatic heterocycles. The number of benzene rings is 1. The predicted molar refractivity (Wildman–Crippen MR) is 110 cm³/mol. The second-order valence-electron chi connectivity index (χ2n) is 7.59. The summed E-state index contributed by atoms with van der Waals surface area (Å²) in [6.07, 6.45) is 4.95. The molecule has 0 bridgehead atoms. The summed E-state index contributed by atoms with van der Waals surface area (Å²) in [7, 11) is 3.55. The van der Waals surface area contributed by atoms with Crippen molar-refractivity contribution in [3.05, 3.63) is 29.3 Å². The third-order valence-corrected chi connectivity index (χ3v) is 5.68. The Morgan fingerprint density at radius 3 is 2.32 bits per heavy atom. The Labute approximate surface area is 172 Å². The van der Waals surface area contributed by atoms with Gasteiger partial charge in [-0.1, -0.05) is 11.6 Å². The van der Waals surface area contributed by atoms with E-state index >= 15 is 0 Å². The number of rotatable bonds is 8. The molecule has 0 aliphatic heterocycles. The van der Waals surface area contributed by atoms with E-state index in [4.69, 9.17) is 21.4 Å². The number of carbonyl (C=O) groups is 2. The molecule has 0 spiro atoms. The van der Waals surface area contributed by atoms with Crippen molar-refractivity contribution in [2.45, 2.75) is 38.5 Å². The maximum absolute atomic E-state index is 12.4. The van der Waals surface area contributed by atoms with Gasteiger partial charge in [0.1, 0.15) is 5.75 Å². The van der Waals surface area contributed by atoms with E-state index in [0.717, 1.165) is 32.1 Å². The molecule has 1 N–H and O–H groups in total. The van der Waals surface area contributed by atoms with Crippen LogP contribution < -0.4 is 4.74 Å². The van der Waals surface area contributed by atoms with Crippen LogP contribution in [0.2, 0.25) is 5.02 Å². The second-order valence-corrected chi connectivity index (χ2v) is 8.02. The van der Waals surface area contributed by atoms with Gasteiger partial charge in [-0.3, -0.25) is 4.79 Å². The summed E-state index contributed by atoms with van der Waals surface area (Å²) in [6, 6.07) is 6.71. The van der Waals surface area contributed by atoms with Crippen molar-refractivity contribution in [1.29, 1.82) is 0 Å². The number of amides is 2. The molecule has 1 aromatic rings. The maximum atomic E-state index is 12.4. The van der Waals surface area contributed by atoms with Crippen molar-refractivity contribution in [1.82, 2.24) is 9.80 Å². The van der Waals surface area contributed by atoms with Crippen LogP contribution in [0.25, 0.3) is 0 Å². The monoisotopic (exact) mass is 410 g/mol. The van der Waals surface area contributed by atoms with E-state index in [1.54, 1.807) is 41.1 Å². The van der Waals surface area contributed by atoms with Gasteiger partial charge in [0.2, 0.25) is 5.91 Å². The summed E-state index contributed by atoms with van der Waals surface area (Å²) in [6.45, 7) is 1.35. The van der Waals surface area contributed by atoms with Gasteiger partial charge in [0, 0.05) is 44.7 Å². The lowest BCUT2D eigenvalue weighted by Crippen LogP contribution is -2.36. The van der Waals surface area contributed by atoms with E-state index in [-0.39, 0.29) is 24.5 Å². The number of halogens is 1. The average molecular weight is 411 g/mol. The standard InChI is InChI=1S/C21H31ClN2O4/c1-23(13-3-15-25)20(26)17-6-4-16(5-7-17)12-14-24(2)21(27)28-19-10-8-18(22)9-11-19/h8-11,16-17,25H,3-7,12-15H2,1-2H3/t16-,17-. The Bertz CT molecular complexity index is 630. The molecule has 0 unspecified atom stereocenters. The number of aliphatic hydroxyl groups excluding tert-OH is 1. The summed E-state index contributed by atoms with van der Waals surface area (Å²) < 4.78 is 5.34. The molecule has 1 fully saturated rings. The molecular weight excluding hydrogens is 380 g/mol. The topological polar surface area (TPSA) is 70.1 Å². The molecule has 0 radical (unpaired) electrons. The first-order valence-electron chi connectivity index (χ1n) is 9.95. The van der Waals surface area contributed by atoms with E-state index in [2.05, 4.69) is 0 Å². The minimum atomic E-state index is -0.378. The van der Waals surface area contributed by atoms with Crippen LogP contribution in [0, 0.1) is 11.8 Å². The molecule has 6 nitrogen and oxygen atoms in total. The van der Waals surface area contributed by atoms with E-state index in [1.165, 1.54) is 0 Å². The van der Waals surface area contributed by atoms with E-state index < -0.39 is 0 Å². The van der Waals surface area contributed by atoms with Crippen molar-refractivity contribution >= 4 is 23.6 Å². The van der Waals surface area contributed by atoms with Crippen molar-refractivity contribution in [3.63, 3.8) is 0 Å². The van der Waals surface area contributed by atoms with Crippen LogP contribution in [0.5, 0.6) is 5.75 Å². The molecular formula is C21H31ClN2O4. The Balaban J connectivity index is 1.69. The Hall–Kier alpha value is -1.79. The molecule has 1 saturated carbocycles. The van der Waals surface area contributed by atoms with Gasteiger partial charge in [0.15, 0.2) is 0 Å². The third-order valence-electron chi connectivity index (χ3n) is 5.43. The minimum Gasteiger partial charge on any atom is -0.410 e. The van der Waals surface area contributed by atoms with E-state index in [9.17, 15) is 9.59 Å². The fraction of sp³-hybridized carbons (Fsp3) is 0.619. The molecule has 156 valence electrons. The van der Waals surface area contributed by atoms with Crippen LogP contribution >= 0.6 is 11.6 Å². The number of hydrogen-bond donors (Lipinski definition) is 1. The highest BCUT2D eigenvalue weighted by Gasteiger charge is 2.28. The molecule has 28 heavy (non-hydrogen) atoms. The van der Waals surface area contributed by atoms with Gasteiger partial charge in [-0.2, -0.15) is 0 Å². The highest BCUT2D eigenvalue weighted by atomic mass is 35.5. The first kappa shape index (κ1) is 22.5.